The number of amides is 4. The van der Waals surface area contributed by atoms with Crippen LogP contribution in [0.4, 0.5) is 23.4 Å². The van der Waals surface area contributed by atoms with E-state index in [1.165, 1.54) is 101 Å². The normalized spacial score (nSPS) is 23.0. The van der Waals surface area contributed by atoms with Crippen molar-refractivity contribution in [3.63, 3.8) is 0 Å². The van der Waals surface area contributed by atoms with Gasteiger partial charge in [0.05, 0.1) is 30.2 Å². The van der Waals surface area contributed by atoms with Gasteiger partial charge in [-0.3, -0.25) is 55.9 Å². The van der Waals surface area contributed by atoms with Crippen LogP contribution in [0.25, 0.3) is 44.7 Å². The quantitative estimate of drug-likeness (QED) is 0.0215. The number of rotatable bonds is 25. The molecule has 15 unspecified atom stereocenters. The molecule has 0 bridgehead atoms. The van der Waals surface area contributed by atoms with Crippen molar-refractivity contribution in [1.82, 2.24) is 98.5 Å². The number of benzene rings is 3. The molecular formula is C74H89ClI2N24O20S. The van der Waals surface area contributed by atoms with Gasteiger partial charge in [-0.2, -0.15) is 28.4 Å². The topological polar surface area (TPSA) is 590 Å². The van der Waals surface area contributed by atoms with Gasteiger partial charge in [-0.1, -0.05) is 63.1 Å². The first-order valence-electron chi connectivity index (χ1n) is 38.2. The third-order valence-electron chi connectivity index (χ3n) is 20.1. The first-order valence-corrected chi connectivity index (χ1v) is 42.2. The summed E-state index contributed by atoms with van der Waals surface area (Å²) in [6, 6.07) is 21.9. The minimum absolute atomic E-state index is 0.0414. The predicted octanol–water partition coefficient (Wildman–Crippen LogP) is 0.916. The summed E-state index contributed by atoms with van der Waals surface area (Å²) in [5.41, 5.74) is 4.44. The highest BCUT2D eigenvalue weighted by Gasteiger charge is 2.51. The van der Waals surface area contributed by atoms with Gasteiger partial charge in [0.1, 0.15) is 55.2 Å². The van der Waals surface area contributed by atoms with Gasteiger partial charge in [0, 0.05) is 81.5 Å². The number of aryl methyl sites for hydroxylation is 1. The molecule has 16 N–H and O–H groups in total. The molecule has 15 rings (SSSR count). The van der Waals surface area contributed by atoms with Gasteiger partial charge < -0.3 is 97.2 Å². The molecule has 4 aliphatic heterocycles. The van der Waals surface area contributed by atoms with Gasteiger partial charge >= 0.3 is 5.69 Å². The zero-order valence-electron chi connectivity index (χ0n) is 66.2. The molecule has 44 nitrogen and oxygen atoms in total. The van der Waals surface area contributed by atoms with Crippen LogP contribution >= 0.6 is 56.8 Å². The number of fused-ring (bicyclic) bond motifs is 4. The number of halogens is 3. The zero-order chi connectivity index (χ0) is 87.7. The average molecular weight is 1960 g/mol. The fourth-order valence-corrected chi connectivity index (χ4v) is 15.7. The van der Waals surface area contributed by atoms with Crippen molar-refractivity contribution in [2.75, 3.05) is 56.5 Å². The van der Waals surface area contributed by atoms with Crippen LogP contribution in [0.15, 0.2) is 119 Å². The minimum atomic E-state index is -4.33. The second-order valence-electron chi connectivity index (χ2n) is 28.1. The number of aliphatic hydroxyl groups is 7. The van der Waals surface area contributed by atoms with Crippen molar-refractivity contribution in [2.45, 2.75) is 176 Å². The second kappa shape index (κ2) is 39.9. The van der Waals surface area contributed by atoms with Gasteiger partial charge in [-0.15, -0.1) is 0 Å². The second-order valence-corrected chi connectivity index (χ2v) is 32.4. The molecule has 15 atom stereocenters. The van der Waals surface area contributed by atoms with E-state index in [9.17, 15) is 77.5 Å². The van der Waals surface area contributed by atoms with Crippen LogP contribution in [-0.4, -0.2) is 252 Å². The Morgan fingerprint density at radius 2 is 0.943 bits per heavy atom. The molecule has 4 aliphatic rings. The van der Waals surface area contributed by atoms with E-state index in [-0.39, 0.29) is 52.4 Å². The third-order valence-corrected chi connectivity index (χ3v) is 22.5. The Kier molecular flexibility index (Phi) is 29.8. The lowest BCUT2D eigenvalue weighted by Crippen LogP contribution is -2.41. The number of aromatic nitrogens is 16. The molecule has 4 saturated heterocycles. The van der Waals surface area contributed by atoms with Crippen LogP contribution in [0, 0.1) is 7.14 Å². The number of hydrogen-bond donors (Lipinski definition) is 16. The highest BCUT2D eigenvalue weighted by atomic mass is 127. The smallest absolute Gasteiger partial charge is 0.332 e. The van der Waals surface area contributed by atoms with E-state index in [2.05, 4.69) is 150 Å². The number of unbranched alkanes of at least 4 members (excludes halogenated alkanes) is 2. The molecule has 652 valence electrons. The number of aliphatic hydroxyl groups excluding tert-OH is 7. The molecule has 0 aliphatic carbocycles. The van der Waals surface area contributed by atoms with Crippen molar-refractivity contribution >= 4 is 159 Å². The fourth-order valence-electron chi connectivity index (χ4n) is 13.8. The highest BCUT2D eigenvalue weighted by Crippen LogP contribution is 2.38. The van der Waals surface area contributed by atoms with E-state index in [1.807, 2.05) is 50.2 Å². The Morgan fingerprint density at radius 3 is 1.43 bits per heavy atom. The molecule has 12 heterocycles. The maximum absolute atomic E-state index is 13.2. The summed E-state index contributed by atoms with van der Waals surface area (Å²) in [6.07, 6.45) is -7.92. The van der Waals surface area contributed by atoms with Crippen LogP contribution in [0.2, 0.25) is 5.28 Å². The molecular weight excluding hydrogens is 1870 g/mol. The first-order chi connectivity index (χ1) is 58.4. The van der Waals surface area contributed by atoms with Gasteiger partial charge in [0.2, 0.25) is 17.1 Å². The van der Waals surface area contributed by atoms with Gasteiger partial charge in [-0.05, 0) is 123 Å². The van der Waals surface area contributed by atoms with E-state index in [1.54, 1.807) is 17.7 Å². The Balaban J connectivity index is 0.000000149. The molecule has 11 aromatic rings. The van der Waals surface area contributed by atoms with E-state index in [0.29, 0.717) is 82.9 Å². The summed E-state index contributed by atoms with van der Waals surface area (Å²) in [7, 11) is 3.11. The number of carbonyl (C=O) groups excluding carboxylic acids is 4. The SMILES string of the molecule is CCCCn1c(=O)c2c(ncn2C2OC(C(=O)NC)C(O)C2O)n(CCCC)c1=O.CNC(=O)C1CC(O)C(n2cnc3c(NCc4cccc(I)c4)nc(Cl)nc32)O1.CNC(=O)C1OC(n2cnc3c(NCc4cccc(I)c4)nc(NC)nc32)C(O)C1O.CNC(=O)C1OC(n2cnc3c(NCc4cccc(S(=O)(=O)O)c4)ncnc32)C(O)C1O. The lowest BCUT2D eigenvalue weighted by molar-refractivity contribution is -0.137. The monoisotopic (exact) mass is 1950 g/mol. The summed E-state index contributed by atoms with van der Waals surface area (Å²) in [5.74, 6) is -0.332. The standard InChI is InChI=1S/C19H22IN7O4.C19H29N5O6.C18H18ClIN6O3.C18H20N6O7S/c1-21-17(30)14-12(28)13(29)18(31-14)27-8-24-11-15(25-19(22-2)26-16(11)27)23-7-9-4-3-5-10(20)6-9;1-4-6-8-22-15-11(17(28)23(19(22)29)9-7-5-2)24(10-21-15)18-13(26)12(25)14(30-18)16(27)20-3;1-21-16(28)12-6-11(27)17(29-12)26-8-23-13-14(24-18(19)25-15(13)26)22-7-9-3-2-4-10(20)5-9;1-19-17(27)14-12(25)13(26)18(31-14)24-8-23-11-15(21-7-22-16(11)24)20-6-9-3-2-4-10(5-9)32(28,29)30/h3-6,8,12-14,18,28-29H,7H2,1-2H3,(H,21,30)(H2,22,23,25,26);10,12-14,18,25-26H,4-9H2,1-3H3,(H,20,27);2-5,8,11-12,17,27H,6-7H2,1H3,(H,21,28)(H,22,24,25);2-5,7-8,12-14,18,25-26H,6H2,1H3,(H,19,27)(H,20,21,22)(H,28,29,30). The molecule has 0 radical (unpaired) electrons. The third kappa shape index (κ3) is 19.7. The molecule has 3 aromatic carbocycles. The number of hydrogen-bond acceptors (Lipinski definition) is 33. The van der Waals surface area contributed by atoms with Gasteiger partial charge in [0.25, 0.3) is 33.4 Å². The van der Waals surface area contributed by atoms with Crippen LogP contribution in [-0.2, 0) is 81.0 Å². The van der Waals surface area contributed by atoms with E-state index < -0.39 is 131 Å². The molecule has 8 aromatic heterocycles. The number of carbonyl (C=O) groups is 4. The summed E-state index contributed by atoms with van der Waals surface area (Å²) in [4.78, 5) is 117. The molecule has 122 heavy (non-hydrogen) atoms. The number of anilines is 4. The fraction of sp³-hybridized carbons (Fsp3) is 0.432. The largest absolute Gasteiger partial charge is 0.388 e. The predicted molar refractivity (Wildman–Crippen MR) is 454 cm³/mol. The molecule has 0 spiro atoms. The average Bonchev–Trinajstić information content (AvgIpc) is 1.57. The number of nitrogens with zero attached hydrogens (tertiary/aromatic N) is 16. The van der Waals surface area contributed by atoms with E-state index in [0.717, 1.165) is 37.5 Å². The molecule has 0 saturated carbocycles. The Labute approximate surface area is 725 Å². The van der Waals surface area contributed by atoms with Crippen LogP contribution < -0.4 is 53.8 Å². The molecule has 48 heteroatoms. The number of likely N-dealkylation sites (N-methyl/N-ethyl adjacent to an activating group) is 4. The number of nitrogens with one attached hydrogen (secondary N) is 8. The Bertz CT molecular complexity index is 5860. The summed E-state index contributed by atoms with van der Waals surface area (Å²) >= 11 is 10.6. The maximum Gasteiger partial charge on any atom is 0.332 e. The minimum Gasteiger partial charge on any atom is -0.388 e. The zero-order valence-corrected chi connectivity index (χ0v) is 72.1. The van der Waals surface area contributed by atoms with Crippen LogP contribution in [0.5, 0.6) is 0 Å². The molecule has 4 amide bonds. The number of ether oxygens (including phenoxy) is 4. The summed E-state index contributed by atoms with van der Waals surface area (Å²) in [5, 5.41) is 94.6. The molecule has 4 fully saturated rings. The lowest BCUT2D eigenvalue weighted by Gasteiger charge is -2.18. The van der Waals surface area contributed by atoms with Crippen molar-refractivity contribution in [1.29, 1.82) is 0 Å². The van der Waals surface area contributed by atoms with Crippen molar-refractivity contribution < 1.29 is 86.8 Å². The Morgan fingerprint density at radius 1 is 0.500 bits per heavy atom. The van der Waals surface area contributed by atoms with Gasteiger partial charge in [-0.25, -0.2) is 34.7 Å². The summed E-state index contributed by atoms with van der Waals surface area (Å²) in [6.45, 7) is 5.85. The van der Waals surface area contributed by atoms with Crippen molar-refractivity contribution in [2.24, 2.45) is 0 Å². The lowest BCUT2D eigenvalue weighted by atomic mass is 10.1. The van der Waals surface area contributed by atoms with E-state index >= 15 is 0 Å². The Hall–Kier alpha value is -10.2. The number of imidazole rings is 4. The highest BCUT2D eigenvalue weighted by molar-refractivity contribution is 14.1. The summed E-state index contributed by atoms with van der Waals surface area (Å²) < 4.78 is 65.0. The maximum atomic E-state index is 13.2. The first kappa shape index (κ1) is 91.0. The van der Waals surface area contributed by atoms with E-state index in [4.69, 9.17) is 30.5 Å². The van der Waals surface area contributed by atoms with Crippen molar-refractivity contribution in [3.8, 4) is 0 Å². The van der Waals surface area contributed by atoms with Crippen LogP contribution in [0.1, 0.15) is 87.6 Å². The van der Waals surface area contributed by atoms with Gasteiger partial charge in [0.15, 0.2) is 105 Å². The van der Waals surface area contributed by atoms with Crippen molar-refractivity contribution in [3.05, 3.63) is 154 Å². The van der Waals surface area contributed by atoms with Crippen LogP contribution in [0.3, 0.4) is 0 Å².